The maximum atomic E-state index is 12.1. The van der Waals surface area contributed by atoms with Crippen molar-refractivity contribution in [2.45, 2.75) is 58.6 Å². The van der Waals surface area contributed by atoms with E-state index in [9.17, 15) is 4.79 Å². The van der Waals surface area contributed by atoms with E-state index in [1.807, 2.05) is 39.0 Å². The predicted molar refractivity (Wildman–Crippen MR) is 153 cm³/mol. The maximum absolute atomic E-state index is 12.1. The van der Waals surface area contributed by atoms with E-state index in [1.165, 1.54) is 20.0 Å². The molecule has 3 fully saturated rings. The number of ether oxygens (including phenoxy) is 2. The van der Waals surface area contributed by atoms with E-state index in [4.69, 9.17) is 49.3 Å². The molecule has 3 heterocycles. The van der Waals surface area contributed by atoms with E-state index in [0.29, 0.717) is 38.7 Å². The van der Waals surface area contributed by atoms with Crippen molar-refractivity contribution in [2.75, 3.05) is 38.2 Å². The largest absolute Gasteiger partial charge is 0.484 e. The number of nitrogens with zero attached hydrogens (tertiary/aromatic N) is 3. The highest BCUT2D eigenvalue weighted by Crippen LogP contribution is 2.46. The van der Waals surface area contributed by atoms with E-state index in [1.54, 1.807) is 6.07 Å². The zero-order valence-electron chi connectivity index (χ0n) is 22.5. The summed E-state index contributed by atoms with van der Waals surface area (Å²) in [7, 11) is 1.49. The lowest BCUT2D eigenvalue weighted by Gasteiger charge is -2.52. The first-order valence-electron chi connectivity index (χ1n) is 13.4. The lowest BCUT2D eigenvalue weighted by molar-refractivity contribution is -0.162. The summed E-state index contributed by atoms with van der Waals surface area (Å²) >= 11 is 19.1. The molecule has 1 aromatic heterocycles. The summed E-state index contributed by atoms with van der Waals surface area (Å²) in [4.78, 5) is 21.8. The van der Waals surface area contributed by atoms with Gasteiger partial charge in [-0.2, -0.15) is 0 Å². The van der Waals surface area contributed by atoms with Gasteiger partial charge in [0.2, 0.25) is 0 Å². The highest BCUT2D eigenvalue weighted by molar-refractivity contribution is 6.35. The molecule has 38 heavy (non-hydrogen) atoms. The van der Waals surface area contributed by atoms with Crippen LogP contribution in [-0.4, -0.2) is 55.2 Å². The fourth-order valence-electron chi connectivity index (χ4n) is 6.35. The van der Waals surface area contributed by atoms with Gasteiger partial charge >= 0.3 is 5.97 Å². The summed E-state index contributed by atoms with van der Waals surface area (Å²) in [6.45, 7) is 10.1. The zero-order valence-corrected chi connectivity index (χ0v) is 24.7. The van der Waals surface area contributed by atoms with Crippen LogP contribution in [0, 0.1) is 24.2 Å². The van der Waals surface area contributed by atoms with E-state index in [-0.39, 0.29) is 17.5 Å². The number of esters is 1. The second-order valence-electron chi connectivity index (χ2n) is 11.5. The number of carbonyl (C=O) groups is 1. The van der Waals surface area contributed by atoms with Gasteiger partial charge in [0.05, 0.1) is 18.2 Å². The van der Waals surface area contributed by atoms with Crippen molar-refractivity contribution in [1.82, 2.24) is 9.88 Å². The predicted octanol–water partition coefficient (Wildman–Crippen LogP) is 6.98. The van der Waals surface area contributed by atoms with Crippen LogP contribution in [0.1, 0.15) is 56.9 Å². The summed E-state index contributed by atoms with van der Waals surface area (Å²) in [6, 6.07) is 7.85. The van der Waals surface area contributed by atoms with Gasteiger partial charge in [-0.15, -0.1) is 0 Å². The van der Waals surface area contributed by atoms with Crippen molar-refractivity contribution in [3.05, 3.63) is 50.6 Å². The molecule has 1 saturated carbocycles. The van der Waals surface area contributed by atoms with Gasteiger partial charge in [-0.1, -0.05) is 40.9 Å². The smallest absolute Gasteiger partial charge is 0.311 e. The minimum absolute atomic E-state index is 0.0725. The molecule has 9 heteroatoms. The molecule has 3 aliphatic rings. The molecule has 6 nitrogen and oxygen atoms in total. The molecular weight excluding hydrogens is 545 g/mol. The van der Waals surface area contributed by atoms with Gasteiger partial charge in [-0.25, -0.2) is 4.98 Å². The van der Waals surface area contributed by atoms with E-state index in [2.05, 4.69) is 9.80 Å². The molecule has 0 amide bonds. The van der Waals surface area contributed by atoms with Gasteiger partial charge < -0.3 is 19.3 Å². The van der Waals surface area contributed by atoms with Crippen LogP contribution in [0.2, 0.25) is 15.1 Å². The normalized spacial score (nSPS) is 26.9. The Hall–Kier alpha value is -1.73. The van der Waals surface area contributed by atoms with E-state index < -0.39 is 0 Å². The molecule has 206 valence electrons. The molecule has 2 aromatic rings. The molecule has 2 saturated heterocycles. The number of benzene rings is 1. The Balaban J connectivity index is 1.19. The van der Waals surface area contributed by atoms with Gasteiger partial charge in [0.15, 0.2) is 0 Å². The first kappa shape index (κ1) is 27.8. The zero-order chi connectivity index (χ0) is 27.2. The lowest BCUT2D eigenvalue weighted by Crippen LogP contribution is -2.58. The fraction of sp³-hybridized carbons (Fsp3) is 0.586. The third-order valence-electron chi connectivity index (χ3n) is 8.74. The van der Waals surface area contributed by atoms with Crippen LogP contribution in [0.5, 0.6) is 5.75 Å². The van der Waals surface area contributed by atoms with Crippen LogP contribution in [-0.2, 0) is 9.53 Å². The topological polar surface area (TPSA) is 54.9 Å². The van der Waals surface area contributed by atoms with Crippen molar-refractivity contribution in [3.63, 3.8) is 0 Å². The van der Waals surface area contributed by atoms with E-state index >= 15 is 0 Å². The summed E-state index contributed by atoms with van der Waals surface area (Å²) in [6.07, 6.45) is 3.99. The number of methoxy groups -OCH3 is 1. The lowest BCUT2D eigenvalue weighted by atomic mass is 9.65. The number of likely N-dealkylation sites (tertiary alicyclic amines) is 1. The molecule has 5 rings (SSSR count). The number of aromatic nitrogens is 1. The second kappa shape index (κ2) is 11.0. The molecule has 2 aliphatic heterocycles. The van der Waals surface area contributed by atoms with Gasteiger partial charge in [0, 0.05) is 47.4 Å². The van der Waals surface area contributed by atoms with Crippen molar-refractivity contribution in [3.8, 4) is 5.75 Å². The number of halogens is 3. The Bertz CT molecular complexity index is 1200. The van der Waals surface area contributed by atoms with Crippen molar-refractivity contribution < 1.29 is 14.3 Å². The quantitative estimate of drug-likeness (QED) is 0.329. The van der Waals surface area contributed by atoms with Gasteiger partial charge in [-0.05, 0) is 77.0 Å². The minimum atomic E-state index is -0.312. The Morgan fingerprint density at radius 3 is 2.55 bits per heavy atom. The monoisotopic (exact) mass is 579 g/mol. The number of carbonyl (C=O) groups excluding carboxylic acids is 1. The number of hydrogen-bond acceptors (Lipinski definition) is 6. The molecule has 0 spiro atoms. The van der Waals surface area contributed by atoms with Crippen LogP contribution >= 0.6 is 34.8 Å². The van der Waals surface area contributed by atoms with Crippen LogP contribution in [0.4, 0.5) is 5.82 Å². The Kier molecular flexibility index (Phi) is 8.08. The van der Waals surface area contributed by atoms with Crippen LogP contribution in [0.25, 0.3) is 0 Å². The average Bonchev–Trinajstić information content (AvgIpc) is 2.83. The molecule has 2 atom stereocenters. The summed E-state index contributed by atoms with van der Waals surface area (Å²) < 4.78 is 11.3. The summed E-state index contributed by atoms with van der Waals surface area (Å²) in [5.41, 5.74) is 1.29. The van der Waals surface area contributed by atoms with Crippen LogP contribution < -0.4 is 9.64 Å². The highest BCUT2D eigenvalue weighted by atomic mass is 35.5. The first-order valence-corrected chi connectivity index (χ1v) is 14.6. The molecule has 0 bridgehead atoms. The molecule has 1 aromatic carbocycles. The first-order chi connectivity index (χ1) is 18.1. The summed E-state index contributed by atoms with van der Waals surface area (Å²) in [5.74, 6) is 2.74. The molecular formula is C29H36Cl3N3O3. The molecule has 0 N–H and O–H groups in total. The van der Waals surface area contributed by atoms with E-state index in [0.717, 1.165) is 56.1 Å². The molecule has 1 aliphatic carbocycles. The van der Waals surface area contributed by atoms with Crippen LogP contribution in [0.3, 0.4) is 0 Å². The van der Waals surface area contributed by atoms with Crippen molar-refractivity contribution in [2.24, 2.45) is 17.3 Å². The third-order valence-corrected chi connectivity index (χ3v) is 9.76. The minimum Gasteiger partial charge on any atom is -0.484 e. The number of aryl methyl sites for hydroxylation is 1. The fourth-order valence-corrected chi connectivity index (χ4v) is 7.05. The van der Waals surface area contributed by atoms with Gasteiger partial charge in [0.1, 0.15) is 22.7 Å². The standard InChI is InChI=1S/C29H36Cl3N3O3/c1-17-27(32)25(38-18(2)23-8-7-21(30)10-24(23)31)11-26(33-17)35-15-20(16-35)19-6-5-9-34(14-19)22-12-29(3,13-22)28(36)37-4/h7-8,10-11,18-20,22H,5-6,9,12-16H2,1-4H3/t18-,19+,22?,29?/m1/s1. The van der Waals surface area contributed by atoms with Crippen LogP contribution in [0.15, 0.2) is 24.3 Å². The van der Waals surface area contributed by atoms with Crippen molar-refractivity contribution in [1.29, 1.82) is 0 Å². The number of pyridine rings is 1. The average molecular weight is 581 g/mol. The van der Waals surface area contributed by atoms with Crippen molar-refractivity contribution >= 4 is 46.6 Å². The Labute approximate surface area is 240 Å². The molecule has 0 unspecified atom stereocenters. The Morgan fingerprint density at radius 1 is 1.13 bits per heavy atom. The number of hydrogen-bond donors (Lipinski definition) is 0. The summed E-state index contributed by atoms with van der Waals surface area (Å²) in [5, 5.41) is 1.67. The third kappa shape index (κ3) is 5.47. The SMILES string of the molecule is COC(=O)C1(C)CC(N2CCC[C@H](C3CN(c4cc(O[C@H](C)c5ccc(Cl)cc5Cl)c(Cl)c(C)n4)C3)C2)C1. The number of anilines is 1. The highest BCUT2D eigenvalue weighted by Gasteiger charge is 2.50. The Morgan fingerprint density at radius 2 is 1.87 bits per heavy atom. The maximum Gasteiger partial charge on any atom is 0.311 e. The van der Waals surface area contributed by atoms with Gasteiger partial charge in [-0.3, -0.25) is 4.79 Å². The van der Waals surface area contributed by atoms with Gasteiger partial charge in [0.25, 0.3) is 0 Å². The molecule has 0 radical (unpaired) electrons. The second-order valence-corrected chi connectivity index (χ2v) is 12.7. The number of rotatable bonds is 7. The number of piperidine rings is 1.